The van der Waals surface area contributed by atoms with Crippen molar-refractivity contribution >= 4 is 0 Å². The minimum atomic E-state index is 0.734. The predicted molar refractivity (Wildman–Crippen MR) is 65.0 cm³/mol. The van der Waals surface area contributed by atoms with Crippen LogP contribution in [0.2, 0.25) is 0 Å². The summed E-state index contributed by atoms with van der Waals surface area (Å²) in [6.45, 7) is 6.03. The zero-order valence-electron chi connectivity index (χ0n) is 10.1. The summed E-state index contributed by atoms with van der Waals surface area (Å²) < 4.78 is 0. The summed E-state index contributed by atoms with van der Waals surface area (Å²) >= 11 is 0. The summed E-state index contributed by atoms with van der Waals surface area (Å²) in [4.78, 5) is 0. The van der Waals surface area contributed by atoms with Gasteiger partial charge in [-0.3, -0.25) is 0 Å². The van der Waals surface area contributed by atoms with Crippen molar-refractivity contribution in [3.05, 3.63) is 0 Å². The lowest BCUT2D eigenvalue weighted by atomic mass is 9.83. The maximum absolute atomic E-state index is 3.65. The molecule has 2 unspecified atom stereocenters. The van der Waals surface area contributed by atoms with Crippen LogP contribution in [0.5, 0.6) is 0 Å². The van der Waals surface area contributed by atoms with Gasteiger partial charge in [0, 0.05) is 6.04 Å². The van der Waals surface area contributed by atoms with E-state index < -0.39 is 0 Å². The SMILES string of the molecule is CC1CC(CNCCC2CCC2)CCN1. The molecule has 0 aromatic heterocycles. The van der Waals surface area contributed by atoms with Crippen molar-refractivity contribution in [1.29, 1.82) is 0 Å². The van der Waals surface area contributed by atoms with E-state index in [0.717, 1.165) is 17.9 Å². The van der Waals surface area contributed by atoms with Crippen LogP contribution in [-0.2, 0) is 0 Å². The van der Waals surface area contributed by atoms with E-state index in [1.165, 1.54) is 58.2 Å². The van der Waals surface area contributed by atoms with Crippen LogP contribution >= 0.6 is 0 Å². The Labute approximate surface area is 94.2 Å². The molecule has 0 spiro atoms. The molecular weight excluding hydrogens is 184 g/mol. The maximum Gasteiger partial charge on any atom is 0.00418 e. The van der Waals surface area contributed by atoms with Crippen LogP contribution < -0.4 is 10.6 Å². The molecule has 0 bridgehead atoms. The first kappa shape index (κ1) is 11.4. The summed E-state index contributed by atoms with van der Waals surface area (Å²) in [6.07, 6.45) is 8.60. The topological polar surface area (TPSA) is 24.1 Å². The third-order valence-electron chi connectivity index (χ3n) is 4.12. The van der Waals surface area contributed by atoms with Gasteiger partial charge >= 0.3 is 0 Å². The Bertz CT molecular complexity index is 177. The lowest BCUT2D eigenvalue weighted by Gasteiger charge is -2.29. The van der Waals surface area contributed by atoms with Crippen molar-refractivity contribution in [3.8, 4) is 0 Å². The van der Waals surface area contributed by atoms with Crippen LogP contribution in [0.25, 0.3) is 0 Å². The standard InChI is InChI=1S/C13H26N2/c1-11-9-13(6-8-15-11)10-14-7-5-12-3-2-4-12/h11-15H,2-10H2,1H3. The molecule has 1 saturated heterocycles. The van der Waals surface area contributed by atoms with E-state index in [2.05, 4.69) is 17.6 Å². The van der Waals surface area contributed by atoms with Crippen LogP contribution in [0.15, 0.2) is 0 Å². The average molecular weight is 210 g/mol. The molecule has 15 heavy (non-hydrogen) atoms. The fourth-order valence-electron chi connectivity index (χ4n) is 2.81. The highest BCUT2D eigenvalue weighted by atomic mass is 14.9. The molecule has 1 aliphatic carbocycles. The summed E-state index contributed by atoms with van der Waals surface area (Å²) in [5, 5.41) is 7.16. The summed E-state index contributed by atoms with van der Waals surface area (Å²) in [7, 11) is 0. The minimum Gasteiger partial charge on any atom is -0.316 e. The van der Waals surface area contributed by atoms with Crippen LogP contribution in [0.1, 0.15) is 45.4 Å². The van der Waals surface area contributed by atoms with Gasteiger partial charge in [0.05, 0.1) is 0 Å². The Hall–Kier alpha value is -0.0800. The van der Waals surface area contributed by atoms with Gasteiger partial charge in [0.25, 0.3) is 0 Å². The van der Waals surface area contributed by atoms with Crippen LogP contribution in [0.4, 0.5) is 0 Å². The van der Waals surface area contributed by atoms with E-state index in [1.54, 1.807) is 0 Å². The fourth-order valence-corrected chi connectivity index (χ4v) is 2.81. The Morgan fingerprint density at radius 3 is 2.73 bits per heavy atom. The van der Waals surface area contributed by atoms with Gasteiger partial charge in [-0.25, -0.2) is 0 Å². The van der Waals surface area contributed by atoms with E-state index in [-0.39, 0.29) is 0 Å². The summed E-state index contributed by atoms with van der Waals surface area (Å²) in [5.41, 5.74) is 0. The second-order valence-electron chi connectivity index (χ2n) is 5.54. The molecule has 0 aromatic rings. The predicted octanol–water partition coefficient (Wildman–Crippen LogP) is 2.15. The first-order valence-corrected chi connectivity index (χ1v) is 6.78. The molecular formula is C13H26N2. The van der Waals surface area contributed by atoms with Gasteiger partial charge in [-0.1, -0.05) is 19.3 Å². The van der Waals surface area contributed by atoms with Gasteiger partial charge in [-0.2, -0.15) is 0 Å². The molecule has 2 heteroatoms. The minimum absolute atomic E-state index is 0.734. The Kier molecular flexibility index (Phi) is 4.45. The van der Waals surface area contributed by atoms with Crippen molar-refractivity contribution < 1.29 is 0 Å². The molecule has 0 aromatic carbocycles. The highest BCUT2D eigenvalue weighted by Crippen LogP contribution is 2.28. The highest BCUT2D eigenvalue weighted by molar-refractivity contribution is 4.77. The monoisotopic (exact) mass is 210 g/mol. The van der Waals surface area contributed by atoms with Gasteiger partial charge in [0.15, 0.2) is 0 Å². The molecule has 2 aliphatic rings. The number of nitrogens with one attached hydrogen (secondary N) is 2. The van der Waals surface area contributed by atoms with Gasteiger partial charge in [0.2, 0.25) is 0 Å². The maximum atomic E-state index is 3.65. The zero-order chi connectivity index (χ0) is 10.5. The molecule has 1 aliphatic heterocycles. The fraction of sp³-hybridized carbons (Fsp3) is 1.00. The molecule has 2 N–H and O–H groups in total. The smallest absolute Gasteiger partial charge is 0.00418 e. The molecule has 0 radical (unpaired) electrons. The molecule has 2 atom stereocenters. The molecule has 1 heterocycles. The number of rotatable bonds is 5. The second-order valence-corrected chi connectivity index (χ2v) is 5.54. The van der Waals surface area contributed by atoms with Gasteiger partial charge in [-0.05, 0) is 57.7 Å². The van der Waals surface area contributed by atoms with E-state index in [9.17, 15) is 0 Å². The highest BCUT2D eigenvalue weighted by Gasteiger charge is 2.19. The van der Waals surface area contributed by atoms with Crippen molar-refractivity contribution in [2.24, 2.45) is 11.8 Å². The normalized spacial score (nSPS) is 32.6. The molecule has 2 fully saturated rings. The van der Waals surface area contributed by atoms with Crippen LogP contribution in [0.3, 0.4) is 0 Å². The Morgan fingerprint density at radius 1 is 1.20 bits per heavy atom. The number of hydrogen-bond acceptors (Lipinski definition) is 2. The lowest BCUT2D eigenvalue weighted by Crippen LogP contribution is -2.39. The van der Waals surface area contributed by atoms with Crippen molar-refractivity contribution in [3.63, 3.8) is 0 Å². The quantitative estimate of drug-likeness (QED) is 0.680. The van der Waals surface area contributed by atoms with Crippen molar-refractivity contribution in [1.82, 2.24) is 10.6 Å². The first-order chi connectivity index (χ1) is 7.34. The van der Waals surface area contributed by atoms with E-state index in [1.807, 2.05) is 0 Å². The Morgan fingerprint density at radius 2 is 2.07 bits per heavy atom. The molecule has 88 valence electrons. The van der Waals surface area contributed by atoms with E-state index >= 15 is 0 Å². The van der Waals surface area contributed by atoms with Crippen LogP contribution in [-0.4, -0.2) is 25.7 Å². The van der Waals surface area contributed by atoms with E-state index in [4.69, 9.17) is 0 Å². The Balaban J connectivity index is 1.49. The zero-order valence-corrected chi connectivity index (χ0v) is 10.1. The third-order valence-corrected chi connectivity index (χ3v) is 4.12. The van der Waals surface area contributed by atoms with Crippen molar-refractivity contribution in [2.75, 3.05) is 19.6 Å². The lowest BCUT2D eigenvalue weighted by molar-refractivity contribution is 0.275. The molecule has 0 amide bonds. The molecule has 2 nitrogen and oxygen atoms in total. The van der Waals surface area contributed by atoms with Crippen LogP contribution in [0, 0.1) is 11.8 Å². The largest absolute Gasteiger partial charge is 0.316 e. The molecule has 1 saturated carbocycles. The van der Waals surface area contributed by atoms with Crippen molar-refractivity contribution in [2.45, 2.75) is 51.5 Å². The van der Waals surface area contributed by atoms with Gasteiger partial charge in [0.1, 0.15) is 0 Å². The second kappa shape index (κ2) is 5.86. The first-order valence-electron chi connectivity index (χ1n) is 6.78. The summed E-state index contributed by atoms with van der Waals surface area (Å²) in [6, 6.07) is 0.734. The number of hydrogen-bond donors (Lipinski definition) is 2. The summed E-state index contributed by atoms with van der Waals surface area (Å²) in [5.74, 6) is 1.98. The third kappa shape index (κ3) is 3.76. The average Bonchev–Trinajstić information content (AvgIpc) is 2.15. The van der Waals surface area contributed by atoms with Gasteiger partial charge < -0.3 is 10.6 Å². The number of piperidine rings is 1. The van der Waals surface area contributed by atoms with Gasteiger partial charge in [-0.15, -0.1) is 0 Å². The molecule has 2 rings (SSSR count). The van der Waals surface area contributed by atoms with E-state index in [0.29, 0.717) is 0 Å².